The van der Waals surface area contributed by atoms with Crippen molar-refractivity contribution in [2.75, 3.05) is 26.7 Å². The van der Waals surface area contributed by atoms with Crippen molar-refractivity contribution in [3.63, 3.8) is 0 Å². The average molecular weight is 243 g/mol. The first-order chi connectivity index (χ1) is 8.78. The van der Waals surface area contributed by atoms with Gasteiger partial charge in [-0.1, -0.05) is 12.1 Å². The van der Waals surface area contributed by atoms with Gasteiger partial charge in [-0.2, -0.15) is 5.26 Å². The molecule has 3 nitrogen and oxygen atoms in total. The van der Waals surface area contributed by atoms with Crippen LogP contribution in [0.15, 0.2) is 24.3 Å². The molecule has 1 saturated heterocycles. The number of nitrogens with zero attached hydrogens (tertiary/aromatic N) is 2. The first-order valence-electron chi connectivity index (χ1n) is 6.66. The van der Waals surface area contributed by atoms with Gasteiger partial charge in [-0.15, -0.1) is 0 Å². The summed E-state index contributed by atoms with van der Waals surface area (Å²) >= 11 is 0. The van der Waals surface area contributed by atoms with Crippen LogP contribution in [0.2, 0.25) is 0 Å². The molecule has 1 aliphatic rings. The van der Waals surface area contributed by atoms with Gasteiger partial charge in [0.05, 0.1) is 11.6 Å². The highest BCUT2D eigenvalue weighted by atomic mass is 15.1. The second-order valence-corrected chi connectivity index (χ2v) is 5.20. The van der Waals surface area contributed by atoms with Crippen molar-refractivity contribution in [1.82, 2.24) is 10.2 Å². The lowest BCUT2D eigenvalue weighted by atomic mass is 9.97. The Morgan fingerprint density at radius 2 is 1.94 bits per heavy atom. The first kappa shape index (κ1) is 13.1. The van der Waals surface area contributed by atoms with E-state index in [0.29, 0.717) is 0 Å². The van der Waals surface area contributed by atoms with Crippen LogP contribution in [0.25, 0.3) is 0 Å². The largest absolute Gasteiger partial charge is 0.317 e. The van der Waals surface area contributed by atoms with E-state index in [1.165, 1.54) is 24.9 Å². The molecule has 0 amide bonds. The minimum Gasteiger partial charge on any atom is -0.317 e. The average Bonchev–Trinajstić information content (AvgIpc) is 2.40. The molecule has 0 aromatic heterocycles. The van der Waals surface area contributed by atoms with Crippen molar-refractivity contribution < 1.29 is 0 Å². The summed E-state index contributed by atoms with van der Waals surface area (Å²) in [4.78, 5) is 2.39. The monoisotopic (exact) mass is 243 g/mol. The molecule has 96 valence electrons. The molecule has 0 aliphatic carbocycles. The summed E-state index contributed by atoms with van der Waals surface area (Å²) in [6.07, 6.45) is 2.58. The molecule has 0 unspecified atom stereocenters. The third-order valence-corrected chi connectivity index (χ3v) is 3.56. The molecule has 0 spiro atoms. The summed E-state index contributed by atoms with van der Waals surface area (Å²) in [6.45, 7) is 4.46. The molecule has 0 atom stereocenters. The number of nitrogens with one attached hydrogen (secondary N) is 1. The Balaban J connectivity index is 1.82. The zero-order chi connectivity index (χ0) is 12.8. The number of piperidine rings is 1. The van der Waals surface area contributed by atoms with Crippen LogP contribution in [0.4, 0.5) is 0 Å². The second kappa shape index (κ2) is 6.53. The van der Waals surface area contributed by atoms with Gasteiger partial charge in [0.1, 0.15) is 0 Å². The van der Waals surface area contributed by atoms with Crippen molar-refractivity contribution in [3.05, 3.63) is 35.4 Å². The minimum atomic E-state index is 0.736. The van der Waals surface area contributed by atoms with Gasteiger partial charge in [0.2, 0.25) is 0 Å². The van der Waals surface area contributed by atoms with Crippen LogP contribution in [0.5, 0.6) is 0 Å². The van der Waals surface area contributed by atoms with Gasteiger partial charge < -0.3 is 10.2 Å². The second-order valence-electron chi connectivity index (χ2n) is 5.20. The molecule has 1 fully saturated rings. The third-order valence-electron chi connectivity index (χ3n) is 3.56. The van der Waals surface area contributed by atoms with Gasteiger partial charge >= 0.3 is 0 Å². The van der Waals surface area contributed by atoms with Crippen molar-refractivity contribution >= 4 is 0 Å². The molecule has 1 aromatic carbocycles. The molecule has 1 N–H and O–H groups in total. The van der Waals surface area contributed by atoms with E-state index in [1.54, 1.807) is 0 Å². The quantitative estimate of drug-likeness (QED) is 0.879. The molecule has 0 saturated carbocycles. The summed E-state index contributed by atoms with van der Waals surface area (Å²) in [7, 11) is 2.18. The van der Waals surface area contributed by atoms with Crippen molar-refractivity contribution in [1.29, 1.82) is 5.26 Å². The van der Waals surface area contributed by atoms with E-state index in [4.69, 9.17) is 5.26 Å². The summed E-state index contributed by atoms with van der Waals surface area (Å²) in [5.74, 6) is 0.828. The number of nitriles is 1. The normalized spacial score (nSPS) is 16.7. The van der Waals surface area contributed by atoms with Crippen LogP contribution < -0.4 is 5.32 Å². The van der Waals surface area contributed by atoms with Gasteiger partial charge in [0, 0.05) is 13.1 Å². The fraction of sp³-hybridized carbons (Fsp3) is 0.533. The summed E-state index contributed by atoms with van der Waals surface area (Å²) in [5.41, 5.74) is 2.02. The van der Waals surface area contributed by atoms with Crippen LogP contribution in [0.1, 0.15) is 24.0 Å². The van der Waals surface area contributed by atoms with Gasteiger partial charge in [0.25, 0.3) is 0 Å². The zero-order valence-corrected chi connectivity index (χ0v) is 11.0. The fourth-order valence-electron chi connectivity index (χ4n) is 2.57. The van der Waals surface area contributed by atoms with E-state index >= 15 is 0 Å². The lowest BCUT2D eigenvalue weighted by Gasteiger charge is -2.27. The predicted molar refractivity (Wildman–Crippen MR) is 73.1 cm³/mol. The Labute approximate surface area is 109 Å². The smallest absolute Gasteiger partial charge is 0.0991 e. The predicted octanol–water partition coefficient (Wildman–Crippen LogP) is 1.99. The maximum absolute atomic E-state index is 8.76. The Hall–Kier alpha value is -1.37. The van der Waals surface area contributed by atoms with Crippen LogP contribution in [0, 0.1) is 17.2 Å². The van der Waals surface area contributed by atoms with Crippen LogP contribution in [-0.4, -0.2) is 31.6 Å². The zero-order valence-electron chi connectivity index (χ0n) is 11.0. The molecule has 18 heavy (non-hydrogen) atoms. The topological polar surface area (TPSA) is 39.1 Å². The molecule has 1 heterocycles. The van der Waals surface area contributed by atoms with Crippen molar-refractivity contribution in [2.24, 2.45) is 5.92 Å². The molecule has 0 radical (unpaired) electrons. The van der Waals surface area contributed by atoms with E-state index in [0.717, 1.165) is 31.1 Å². The van der Waals surface area contributed by atoms with Crippen LogP contribution >= 0.6 is 0 Å². The molecule has 1 aliphatic heterocycles. The first-order valence-corrected chi connectivity index (χ1v) is 6.66. The van der Waals surface area contributed by atoms with E-state index in [-0.39, 0.29) is 0 Å². The van der Waals surface area contributed by atoms with E-state index in [1.807, 2.05) is 12.1 Å². The summed E-state index contributed by atoms with van der Waals surface area (Å²) in [6, 6.07) is 10.1. The number of hydrogen-bond donors (Lipinski definition) is 1. The molecule has 1 aromatic rings. The maximum Gasteiger partial charge on any atom is 0.0991 e. The van der Waals surface area contributed by atoms with Gasteiger partial charge in [-0.25, -0.2) is 0 Å². The SMILES string of the molecule is CN(Cc1ccc(C#N)cc1)CC1CCNCC1. The molecule has 2 rings (SSSR count). The molecule has 0 bridgehead atoms. The Bertz CT molecular complexity index is 399. The van der Waals surface area contributed by atoms with E-state index in [9.17, 15) is 0 Å². The summed E-state index contributed by atoms with van der Waals surface area (Å²) < 4.78 is 0. The van der Waals surface area contributed by atoms with Crippen molar-refractivity contribution in [3.8, 4) is 6.07 Å². The highest BCUT2D eigenvalue weighted by Crippen LogP contribution is 2.14. The number of benzene rings is 1. The van der Waals surface area contributed by atoms with E-state index in [2.05, 4.69) is 35.5 Å². The maximum atomic E-state index is 8.76. The highest BCUT2D eigenvalue weighted by molar-refractivity contribution is 5.31. The molecular weight excluding hydrogens is 222 g/mol. The van der Waals surface area contributed by atoms with E-state index < -0.39 is 0 Å². The van der Waals surface area contributed by atoms with Gasteiger partial charge in [-0.3, -0.25) is 0 Å². The Morgan fingerprint density at radius 3 is 2.56 bits per heavy atom. The van der Waals surface area contributed by atoms with Crippen LogP contribution in [0.3, 0.4) is 0 Å². The Kier molecular flexibility index (Phi) is 4.74. The molecular formula is C15H21N3. The number of hydrogen-bond acceptors (Lipinski definition) is 3. The molecule has 3 heteroatoms. The summed E-state index contributed by atoms with van der Waals surface area (Å²) in [5, 5.41) is 12.2. The lowest BCUT2D eigenvalue weighted by Crippen LogP contribution is -2.34. The lowest BCUT2D eigenvalue weighted by molar-refractivity contribution is 0.234. The Morgan fingerprint density at radius 1 is 1.28 bits per heavy atom. The third kappa shape index (κ3) is 3.83. The standard InChI is InChI=1S/C15H21N3/c1-18(12-15-6-8-17-9-7-15)11-14-4-2-13(10-16)3-5-14/h2-5,15,17H,6-9,11-12H2,1H3. The van der Waals surface area contributed by atoms with Crippen LogP contribution in [-0.2, 0) is 6.54 Å². The van der Waals surface area contributed by atoms with Crippen molar-refractivity contribution in [2.45, 2.75) is 19.4 Å². The fourth-order valence-corrected chi connectivity index (χ4v) is 2.57. The minimum absolute atomic E-state index is 0.736. The van der Waals surface area contributed by atoms with Gasteiger partial charge in [0.15, 0.2) is 0 Å². The van der Waals surface area contributed by atoms with Gasteiger partial charge in [-0.05, 0) is 56.6 Å². The number of rotatable bonds is 4. The highest BCUT2D eigenvalue weighted by Gasteiger charge is 2.14.